The maximum absolute atomic E-state index is 12.2. The molecule has 0 unspecified atom stereocenters. The van der Waals surface area contributed by atoms with Crippen molar-refractivity contribution in [2.75, 3.05) is 19.0 Å². The first kappa shape index (κ1) is 15.8. The van der Waals surface area contributed by atoms with Crippen LogP contribution in [0.3, 0.4) is 0 Å². The van der Waals surface area contributed by atoms with E-state index in [0.29, 0.717) is 23.3 Å². The van der Waals surface area contributed by atoms with Crippen molar-refractivity contribution in [1.29, 1.82) is 0 Å². The third-order valence-electron chi connectivity index (χ3n) is 3.27. The maximum atomic E-state index is 12.2. The van der Waals surface area contributed by atoms with Crippen LogP contribution in [0, 0.1) is 5.92 Å². The Balaban J connectivity index is 1.96. The number of methoxy groups -OCH3 is 1. The van der Waals surface area contributed by atoms with E-state index in [2.05, 4.69) is 15.5 Å². The van der Waals surface area contributed by atoms with Gasteiger partial charge in [0.15, 0.2) is 0 Å². The number of ether oxygens (including phenoxy) is 1. The first-order valence-corrected chi connectivity index (χ1v) is 7.55. The molecule has 21 heavy (non-hydrogen) atoms. The summed E-state index contributed by atoms with van der Waals surface area (Å²) < 4.78 is 4.96. The molecule has 0 radical (unpaired) electrons. The van der Waals surface area contributed by atoms with E-state index in [1.54, 1.807) is 12.0 Å². The van der Waals surface area contributed by atoms with Crippen LogP contribution in [0.1, 0.15) is 32.2 Å². The van der Waals surface area contributed by atoms with Crippen LogP contribution in [0.2, 0.25) is 0 Å². The predicted molar refractivity (Wildman–Crippen MR) is 78.8 cm³/mol. The average Bonchev–Trinajstić information content (AvgIpc) is 2.96. The number of likely N-dealkylation sites (tertiary alicyclic amines) is 1. The van der Waals surface area contributed by atoms with Gasteiger partial charge in [-0.3, -0.25) is 9.59 Å². The van der Waals surface area contributed by atoms with Crippen LogP contribution in [-0.4, -0.2) is 46.1 Å². The van der Waals surface area contributed by atoms with Crippen molar-refractivity contribution in [3.05, 3.63) is 5.01 Å². The molecule has 8 heteroatoms. The van der Waals surface area contributed by atoms with E-state index in [0.717, 1.165) is 0 Å². The molecule has 1 aliphatic rings. The summed E-state index contributed by atoms with van der Waals surface area (Å²) >= 11 is 1.27. The van der Waals surface area contributed by atoms with Crippen LogP contribution in [0.4, 0.5) is 5.13 Å². The number of amides is 2. The van der Waals surface area contributed by atoms with Crippen molar-refractivity contribution in [2.45, 2.75) is 39.3 Å². The van der Waals surface area contributed by atoms with Gasteiger partial charge in [-0.15, -0.1) is 10.2 Å². The van der Waals surface area contributed by atoms with Gasteiger partial charge in [-0.1, -0.05) is 11.3 Å². The average molecular weight is 312 g/mol. The Morgan fingerprint density at radius 3 is 2.76 bits per heavy atom. The van der Waals surface area contributed by atoms with Crippen molar-refractivity contribution in [2.24, 2.45) is 5.92 Å². The fourth-order valence-electron chi connectivity index (χ4n) is 2.22. The molecule has 0 bridgehead atoms. The Morgan fingerprint density at radius 1 is 1.48 bits per heavy atom. The Morgan fingerprint density at radius 2 is 2.19 bits per heavy atom. The quantitative estimate of drug-likeness (QED) is 0.905. The highest BCUT2D eigenvalue weighted by atomic mass is 32.1. The minimum Gasteiger partial charge on any atom is -0.377 e. The van der Waals surface area contributed by atoms with Gasteiger partial charge in [-0.2, -0.15) is 0 Å². The van der Waals surface area contributed by atoms with E-state index in [1.165, 1.54) is 11.3 Å². The minimum atomic E-state index is -0.341. The number of nitrogens with one attached hydrogen (secondary N) is 1. The molecule has 2 heterocycles. The molecule has 2 rings (SSSR count). The van der Waals surface area contributed by atoms with Gasteiger partial charge in [0.1, 0.15) is 11.6 Å². The first-order chi connectivity index (χ1) is 9.81. The lowest BCUT2D eigenvalue weighted by Crippen LogP contribution is -2.42. The van der Waals surface area contributed by atoms with Gasteiger partial charge >= 0.3 is 0 Å². The molecule has 2 amide bonds. The second-order valence-electron chi connectivity index (χ2n) is 6.00. The second-order valence-corrected chi connectivity index (χ2v) is 7.06. The zero-order valence-electron chi connectivity index (χ0n) is 12.7. The summed E-state index contributed by atoms with van der Waals surface area (Å²) in [5.74, 6) is -0.512. The van der Waals surface area contributed by atoms with Gasteiger partial charge in [0.05, 0.1) is 5.92 Å². The highest BCUT2D eigenvalue weighted by Crippen LogP contribution is 2.27. The summed E-state index contributed by atoms with van der Waals surface area (Å²) in [5.41, 5.74) is -0.263. The van der Waals surface area contributed by atoms with Gasteiger partial charge in [-0.25, -0.2) is 0 Å². The van der Waals surface area contributed by atoms with Crippen LogP contribution >= 0.6 is 11.3 Å². The summed E-state index contributed by atoms with van der Waals surface area (Å²) in [4.78, 5) is 25.9. The SMILES string of the molecule is COCc1nnc(NC(=O)[C@H]2CC(=O)N(C(C)(C)C)C2)s1. The smallest absolute Gasteiger partial charge is 0.231 e. The molecule has 1 atom stereocenters. The van der Waals surface area contributed by atoms with Crippen molar-refractivity contribution in [3.63, 3.8) is 0 Å². The van der Waals surface area contributed by atoms with E-state index in [9.17, 15) is 9.59 Å². The van der Waals surface area contributed by atoms with Crippen molar-refractivity contribution in [3.8, 4) is 0 Å². The zero-order chi connectivity index (χ0) is 15.6. The lowest BCUT2D eigenvalue weighted by molar-refractivity contribution is -0.131. The Bertz CT molecular complexity index is 538. The summed E-state index contributed by atoms with van der Waals surface area (Å²) in [5, 5.41) is 11.7. The lowest BCUT2D eigenvalue weighted by Gasteiger charge is -2.31. The molecule has 1 aromatic heterocycles. The van der Waals surface area contributed by atoms with Crippen LogP contribution in [0.15, 0.2) is 0 Å². The molecule has 0 aromatic carbocycles. The Kier molecular flexibility index (Phi) is 4.58. The molecule has 7 nitrogen and oxygen atoms in total. The first-order valence-electron chi connectivity index (χ1n) is 6.74. The van der Waals surface area contributed by atoms with Crippen molar-refractivity contribution >= 4 is 28.3 Å². The number of hydrogen-bond acceptors (Lipinski definition) is 6. The molecular formula is C13H20N4O3S. The highest BCUT2D eigenvalue weighted by molar-refractivity contribution is 7.15. The fourth-order valence-corrected chi connectivity index (χ4v) is 2.94. The van der Waals surface area contributed by atoms with E-state index in [1.807, 2.05) is 20.8 Å². The molecule has 1 N–H and O–H groups in total. The number of hydrogen-bond donors (Lipinski definition) is 1. The van der Waals surface area contributed by atoms with Gasteiger partial charge in [0.2, 0.25) is 16.9 Å². The monoisotopic (exact) mass is 312 g/mol. The number of rotatable bonds is 4. The Hall–Kier alpha value is -1.54. The van der Waals surface area contributed by atoms with Crippen LogP contribution in [-0.2, 0) is 20.9 Å². The number of carbonyl (C=O) groups is 2. The number of aromatic nitrogens is 2. The summed E-state index contributed by atoms with van der Waals surface area (Å²) in [6.07, 6.45) is 0.243. The Labute approximate surface area is 127 Å². The van der Waals surface area contributed by atoms with Gasteiger partial charge in [0.25, 0.3) is 0 Å². The summed E-state index contributed by atoms with van der Waals surface area (Å²) in [7, 11) is 1.57. The second kappa shape index (κ2) is 6.07. The molecule has 1 saturated heterocycles. The number of carbonyl (C=O) groups excluding carboxylic acids is 2. The number of anilines is 1. The van der Waals surface area contributed by atoms with Gasteiger partial charge in [-0.05, 0) is 20.8 Å². The molecule has 0 spiro atoms. The standard InChI is InChI=1S/C13H20N4O3S/c1-13(2,3)17-6-8(5-10(17)18)11(19)14-12-16-15-9(21-12)7-20-4/h8H,5-7H2,1-4H3,(H,14,16,19)/t8-/m0/s1. The fraction of sp³-hybridized carbons (Fsp3) is 0.692. The highest BCUT2D eigenvalue weighted by Gasteiger charge is 2.39. The van der Waals surface area contributed by atoms with E-state index in [-0.39, 0.29) is 29.7 Å². The molecular weight excluding hydrogens is 292 g/mol. The lowest BCUT2D eigenvalue weighted by atomic mass is 10.1. The number of nitrogens with zero attached hydrogens (tertiary/aromatic N) is 3. The molecule has 0 aliphatic carbocycles. The van der Waals surface area contributed by atoms with E-state index < -0.39 is 0 Å². The molecule has 0 saturated carbocycles. The van der Waals surface area contributed by atoms with Gasteiger partial charge < -0.3 is 15.0 Å². The van der Waals surface area contributed by atoms with Crippen LogP contribution in [0.5, 0.6) is 0 Å². The molecule has 1 aliphatic heterocycles. The molecule has 1 aromatic rings. The van der Waals surface area contributed by atoms with E-state index >= 15 is 0 Å². The van der Waals surface area contributed by atoms with Crippen molar-refractivity contribution in [1.82, 2.24) is 15.1 Å². The molecule has 116 valence electrons. The third-order valence-corrected chi connectivity index (χ3v) is 4.08. The van der Waals surface area contributed by atoms with Crippen molar-refractivity contribution < 1.29 is 14.3 Å². The third kappa shape index (κ3) is 3.76. The zero-order valence-corrected chi connectivity index (χ0v) is 13.5. The van der Waals surface area contributed by atoms with E-state index in [4.69, 9.17) is 4.74 Å². The summed E-state index contributed by atoms with van der Waals surface area (Å²) in [6, 6.07) is 0. The topological polar surface area (TPSA) is 84.4 Å². The largest absolute Gasteiger partial charge is 0.377 e. The van der Waals surface area contributed by atoms with Gasteiger partial charge in [0, 0.05) is 25.6 Å². The van der Waals surface area contributed by atoms with Crippen LogP contribution in [0.25, 0.3) is 0 Å². The van der Waals surface area contributed by atoms with Crippen LogP contribution < -0.4 is 5.32 Å². The summed E-state index contributed by atoms with van der Waals surface area (Å²) in [6.45, 7) is 6.71. The minimum absolute atomic E-state index is 0.0139. The predicted octanol–water partition coefficient (Wildman–Crippen LogP) is 1.27. The normalized spacial score (nSPS) is 19.1. The maximum Gasteiger partial charge on any atom is 0.231 e. The molecule has 1 fully saturated rings.